The Hall–Kier alpha value is -1.63. The topological polar surface area (TPSA) is 54.9 Å². The third kappa shape index (κ3) is 3.10. The van der Waals surface area contributed by atoms with E-state index in [1.165, 1.54) is 29.1 Å². The number of thiazole rings is 1. The van der Waals surface area contributed by atoms with Gasteiger partial charge in [-0.3, -0.25) is 0 Å². The lowest BCUT2D eigenvalue weighted by Gasteiger charge is -2.34. The van der Waals surface area contributed by atoms with Gasteiger partial charge in [0.2, 0.25) is 10.8 Å². The van der Waals surface area contributed by atoms with Gasteiger partial charge in [0.05, 0.1) is 18.1 Å². The zero-order valence-corrected chi connectivity index (χ0v) is 16.6. The van der Waals surface area contributed by atoms with Crippen LogP contribution >= 0.6 is 22.9 Å². The molecule has 5 nitrogen and oxygen atoms in total. The van der Waals surface area contributed by atoms with Crippen molar-refractivity contribution < 1.29 is 10.0 Å². The Bertz CT molecular complexity index is 922. The molecule has 2 aromatic heterocycles. The third-order valence-electron chi connectivity index (χ3n) is 5.25. The van der Waals surface area contributed by atoms with E-state index in [4.69, 9.17) is 11.6 Å². The van der Waals surface area contributed by atoms with Gasteiger partial charge >= 0.3 is 0 Å². The molecule has 0 aliphatic carbocycles. The first-order chi connectivity index (χ1) is 12.6. The van der Waals surface area contributed by atoms with Crippen LogP contribution in [-0.2, 0) is 6.42 Å². The van der Waals surface area contributed by atoms with Gasteiger partial charge in [0.15, 0.2) is 11.9 Å². The van der Waals surface area contributed by atoms with Gasteiger partial charge in [-0.05, 0) is 18.9 Å². The van der Waals surface area contributed by atoms with Crippen molar-refractivity contribution in [3.63, 3.8) is 0 Å². The zero-order chi connectivity index (χ0) is 18.3. The summed E-state index contributed by atoms with van der Waals surface area (Å²) in [7, 11) is 0. The Morgan fingerprint density at radius 2 is 2.23 bits per heavy atom. The normalized spacial score (nSPS) is 22.0. The molecule has 4 rings (SSSR count). The summed E-state index contributed by atoms with van der Waals surface area (Å²) in [5.41, 5.74) is 1.06. The van der Waals surface area contributed by atoms with Gasteiger partial charge in [0.25, 0.3) is 0 Å². The molecule has 26 heavy (non-hydrogen) atoms. The highest BCUT2D eigenvalue weighted by Gasteiger charge is 2.36. The Balaban J connectivity index is 1.84. The minimum atomic E-state index is 0.00465. The van der Waals surface area contributed by atoms with E-state index in [0.717, 1.165) is 45.8 Å². The van der Waals surface area contributed by atoms with Crippen LogP contribution in [0.25, 0.3) is 4.96 Å². The molecule has 3 atom stereocenters. The molecule has 3 aromatic rings. The second-order valence-electron chi connectivity index (χ2n) is 7.18. The van der Waals surface area contributed by atoms with Crippen molar-refractivity contribution in [2.45, 2.75) is 39.2 Å². The molecular formula is C19H24ClN4OS+. The highest BCUT2D eigenvalue weighted by molar-refractivity contribution is 7.17. The van der Waals surface area contributed by atoms with Crippen molar-refractivity contribution in [2.75, 3.05) is 13.1 Å². The monoisotopic (exact) mass is 391 g/mol. The third-order valence-corrected chi connectivity index (χ3v) is 6.68. The number of nitrogens with zero attached hydrogens (tertiary/aromatic N) is 3. The summed E-state index contributed by atoms with van der Waals surface area (Å²) < 4.78 is 1.58. The molecule has 0 bridgehead atoms. The lowest BCUT2D eigenvalue weighted by atomic mass is 9.95. The van der Waals surface area contributed by atoms with Gasteiger partial charge in [-0.15, -0.1) is 5.10 Å². The van der Waals surface area contributed by atoms with Crippen LogP contribution in [0.3, 0.4) is 0 Å². The molecular weight excluding hydrogens is 368 g/mol. The largest absolute Gasteiger partial charge is 0.492 e. The predicted octanol–water partition coefficient (Wildman–Crippen LogP) is 3.12. The first kappa shape index (κ1) is 17.8. The Kier molecular flexibility index (Phi) is 4.90. The SMILES string of the molecule is CCc1nc2sc([C@H](c3ccccc3Cl)[NH+]3CCC[C@H](C)C3)c(O)n2n1. The van der Waals surface area contributed by atoms with E-state index >= 15 is 0 Å². The number of aryl methyl sites for hydroxylation is 1. The van der Waals surface area contributed by atoms with Crippen LogP contribution in [0, 0.1) is 5.92 Å². The Morgan fingerprint density at radius 3 is 2.92 bits per heavy atom. The van der Waals surface area contributed by atoms with E-state index in [2.05, 4.69) is 23.1 Å². The number of hydrogen-bond acceptors (Lipinski definition) is 4. The van der Waals surface area contributed by atoms with Crippen LogP contribution in [0.4, 0.5) is 0 Å². The van der Waals surface area contributed by atoms with Gasteiger partial charge < -0.3 is 10.0 Å². The summed E-state index contributed by atoms with van der Waals surface area (Å²) >= 11 is 8.10. The molecule has 1 aliphatic rings. The first-order valence-electron chi connectivity index (χ1n) is 9.24. The number of benzene rings is 1. The quantitative estimate of drug-likeness (QED) is 0.718. The molecule has 7 heteroatoms. The first-order valence-corrected chi connectivity index (χ1v) is 10.4. The number of quaternary nitrogens is 1. The summed E-state index contributed by atoms with van der Waals surface area (Å²) in [6, 6.07) is 7.98. The minimum Gasteiger partial charge on any atom is -0.492 e. The van der Waals surface area contributed by atoms with Crippen LogP contribution in [0.5, 0.6) is 5.88 Å². The van der Waals surface area contributed by atoms with Crippen LogP contribution in [0.15, 0.2) is 24.3 Å². The van der Waals surface area contributed by atoms with Crippen LogP contribution in [-0.4, -0.2) is 32.8 Å². The average molecular weight is 392 g/mol. The van der Waals surface area contributed by atoms with Crippen molar-refractivity contribution in [1.29, 1.82) is 0 Å². The van der Waals surface area contributed by atoms with Crippen LogP contribution in [0.2, 0.25) is 5.02 Å². The summed E-state index contributed by atoms with van der Waals surface area (Å²) in [6.07, 6.45) is 3.21. The number of rotatable bonds is 4. The average Bonchev–Trinajstić information content (AvgIpc) is 3.17. The number of hydrogen-bond donors (Lipinski definition) is 2. The molecule has 1 aromatic carbocycles. The molecule has 138 valence electrons. The fraction of sp³-hybridized carbons (Fsp3) is 0.474. The highest BCUT2D eigenvalue weighted by atomic mass is 35.5. The van der Waals surface area contributed by atoms with Gasteiger partial charge in [0, 0.05) is 17.9 Å². The Morgan fingerprint density at radius 1 is 1.42 bits per heavy atom. The molecule has 3 heterocycles. The van der Waals surface area contributed by atoms with E-state index in [1.807, 2.05) is 25.1 Å². The lowest BCUT2D eigenvalue weighted by molar-refractivity contribution is -0.933. The van der Waals surface area contributed by atoms with E-state index in [1.54, 1.807) is 4.52 Å². The fourth-order valence-electron chi connectivity index (χ4n) is 3.98. The molecule has 2 N–H and O–H groups in total. The maximum Gasteiger partial charge on any atom is 0.235 e. The van der Waals surface area contributed by atoms with E-state index < -0.39 is 0 Å². The van der Waals surface area contributed by atoms with Crippen molar-refractivity contribution in [3.8, 4) is 5.88 Å². The number of fused-ring (bicyclic) bond motifs is 1. The number of aromatic hydroxyl groups is 1. The van der Waals surface area contributed by atoms with Gasteiger partial charge in [-0.2, -0.15) is 4.52 Å². The smallest absolute Gasteiger partial charge is 0.235 e. The molecule has 1 saturated heterocycles. The van der Waals surface area contributed by atoms with Crippen LogP contribution < -0.4 is 4.90 Å². The van der Waals surface area contributed by atoms with E-state index in [9.17, 15) is 5.11 Å². The molecule has 0 amide bonds. The summed E-state index contributed by atoms with van der Waals surface area (Å²) in [4.78, 5) is 7.64. The van der Waals surface area contributed by atoms with Crippen molar-refractivity contribution in [2.24, 2.45) is 5.92 Å². The second-order valence-corrected chi connectivity index (χ2v) is 8.60. The second kappa shape index (κ2) is 7.18. The molecule has 1 aliphatic heterocycles. The standard InChI is InChI=1S/C19H23ClN4OS/c1-3-15-21-19-24(22-15)18(25)17(26-19)16(13-8-4-5-9-14(13)20)23-10-6-7-12(2)11-23/h4-5,8-9,12,16,25H,3,6-7,10-11H2,1-2H3/p+1/t12-,16-/m0/s1. The fourth-order valence-corrected chi connectivity index (χ4v) is 5.37. The van der Waals surface area contributed by atoms with E-state index in [-0.39, 0.29) is 11.9 Å². The maximum atomic E-state index is 10.9. The van der Waals surface area contributed by atoms with Crippen molar-refractivity contribution in [1.82, 2.24) is 14.6 Å². The van der Waals surface area contributed by atoms with Crippen LogP contribution in [0.1, 0.15) is 49.0 Å². The Labute approximate surface area is 162 Å². The maximum absolute atomic E-state index is 10.9. The highest BCUT2D eigenvalue weighted by Crippen LogP contribution is 2.37. The molecule has 0 spiro atoms. The van der Waals surface area contributed by atoms with E-state index in [0.29, 0.717) is 5.92 Å². The van der Waals surface area contributed by atoms with Gasteiger partial charge in [0.1, 0.15) is 4.88 Å². The molecule has 1 fully saturated rings. The molecule has 0 saturated carbocycles. The summed E-state index contributed by atoms with van der Waals surface area (Å²) in [6.45, 7) is 6.47. The zero-order valence-electron chi connectivity index (χ0n) is 15.1. The minimum absolute atomic E-state index is 0.00465. The van der Waals surface area contributed by atoms with Gasteiger partial charge in [-0.1, -0.05) is 55.0 Å². The predicted molar refractivity (Wildman–Crippen MR) is 104 cm³/mol. The van der Waals surface area contributed by atoms with Gasteiger partial charge in [-0.25, -0.2) is 4.98 Å². The number of piperidine rings is 1. The molecule has 1 unspecified atom stereocenters. The number of nitrogens with one attached hydrogen (secondary N) is 1. The number of aromatic nitrogens is 3. The lowest BCUT2D eigenvalue weighted by Crippen LogP contribution is -3.13. The number of halogens is 1. The summed E-state index contributed by atoms with van der Waals surface area (Å²) in [5, 5.41) is 16.1. The van der Waals surface area contributed by atoms with Crippen molar-refractivity contribution >= 4 is 27.9 Å². The number of likely N-dealkylation sites (tertiary alicyclic amines) is 1. The summed E-state index contributed by atoms with van der Waals surface area (Å²) in [5.74, 6) is 1.62. The molecule has 0 radical (unpaired) electrons. The van der Waals surface area contributed by atoms with Crippen molar-refractivity contribution in [3.05, 3.63) is 45.6 Å².